The summed E-state index contributed by atoms with van der Waals surface area (Å²) in [7, 11) is 2.01. The van der Waals surface area contributed by atoms with Crippen molar-refractivity contribution in [2.24, 2.45) is 0 Å². The van der Waals surface area contributed by atoms with Crippen LogP contribution < -0.4 is 4.90 Å². The van der Waals surface area contributed by atoms with Gasteiger partial charge in [0.15, 0.2) is 5.78 Å². The van der Waals surface area contributed by atoms with Crippen LogP contribution >= 0.6 is 0 Å². The molecule has 1 aromatic rings. The second-order valence-corrected chi connectivity index (χ2v) is 4.01. The maximum atomic E-state index is 11.8. The van der Waals surface area contributed by atoms with E-state index in [0.29, 0.717) is 0 Å². The molecule has 0 atom stereocenters. The lowest BCUT2D eigenvalue weighted by atomic mass is 10.0. The Kier molecular flexibility index (Phi) is 4.29. The van der Waals surface area contributed by atoms with Crippen LogP contribution in [0.2, 0.25) is 0 Å². The lowest BCUT2D eigenvalue weighted by Gasteiger charge is -2.21. The number of nitrogens with zero attached hydrogens (tertiary/aromatic N) is 1. The molecule has 0 aliphatic rings. The molecule has 0 bridgehead atoms. The zero-order chi connectivity index (χ0) is 12.1. The highest BCUT2D eigenvalue weighted by Gasteiger charge is 2.11. The molecule has 0 saturated carbocycles. The largest absolute Gasteiger partial charge is 0.374 e. The lowest BCUT2D eigenvalue weighted by molar-refractivity contribution is 0.104. The Bertz CT molecular complexity index is 396. The first-order chi connectivity index (χ1) is 7.60. The Morgan fingerprint density at radius 2 is 2.19 bits per heavy atom. The van der Waals surface area contributed by atoms with Crippen LogP contribution in [0, 0.1) is 6.92 Å². The number of allylic oxidation sites excluding steroid dienone is 1. The minimum atomic E-state index is -0.0124. The normalized spacial score (nSPS) is 9.94. The van der Waals surface area contributed by atoms with E-state index >= 15 is 0 Å². The summed E-state index contributed by atoms with van der Waals surface area (Å²) in [4.78, 5) is 13.9. The van der Waals surface area contributed by atoms with E-state index < -0.39 is 0 Å². The smallest absolute Gasteiger partial charge is 0.187 e. The zero-order valence-corrected chi connectivity index (χ0v) is 10.3. The summed E-state index contributed by atoms with van der Waals surface area (Å²) in [5.41, 5.74) is 2.82. The summed E-state index contributed by atoms with van der Waals surface area (Å²) in [6, 6.07) is 5.95. The van der Waals surface area contributed by atoms with Crippen molar-refractivity contribution in [3.05, 3.63) is 42.0 Å². The molecule has 0 unspecified atom stereocenters. The molecule has 2 heteroatoms. The van der Waals surface area contributed by atoms with Gasteiger partial charge in [0.1, 0.15) is 0 Å². The highest BCUT2D eigenvalue weighted by molar-refractivity contribution is 6.08. The predicted molar refractivity (Wildman–Crippen MR) is 69.3 cm³/mol. The van der Waals surface area contributed by atoms with E-state index in [0.717, 1.165) is 29.8 Å². The summed E-state index contributed by atoms with van der Waals surface area (Å²) < 4.78 is 0. The van der Waals surface area contributed by atoms with Crippen molar-refractivity contribution in [2.75, 3.05) is 18.5 Å². The highest BCUT2D eigenvalue weighted by Crippen LogP contribution is 2.22. The van der Waals surface area contributed by atoms with Gasteiger partial charge in [-0.1, -0.05) is 25.1 Å². The molecule has 2 nitrogen and oxygen atoms in total. The monoisotopic (exact) mass is 217 g/mol. The first kappa shape index (κ1) is 12.5. The maximum absolute atomic E-state index is 11.8. The van der Waals surface area contributed by atoms with Gasteiger partial charge < -0.3 is 4.90 Å². The van der Waals surface area contributed by atoms with Gasteiger partial charge in [-0.2, -0.15) is 0 Å². The van der Waals surface area contributed by atoms with E-state index in [1.807, 2.05) is 32.2 Å². The van der Waals surface area contributed by atoms with Crippen molar-refractivity contribution in [1.29, 1.82) is 0 Å². The van der Waals surface area contributed by atoms with Gasteiger partial charge in [0.25, 0.3) is 0 Å². The Morgan fingerprint density at radius 1 is 1.50 bits per heavy atom. The second kappa shape index (κ2) is 5.50. The van der Waals surface area contributed by atoms with Crippen LogP contribution in [0.3, 0.4) is 0 Å². The van der Waals surface area contributed by atoms with Crippen molar-refractivity contribution >= 4 is 11.5 Å². The molecule has 0 aromatic heterocycles. The summed E-state index contributed by atoms with van der Waals surface area (Å²) in [6.07, 6.45) is 2.43. The Hall–Kier alpha value is -1.57. The van der Waals surface area contributed by atoms with Gasteiger partial charge in [-0.3, -0.25) is 4.79 Å². The number of carbonyl (C=O) groups is 1. The minimum Gasteiger partial charge on any atom is -0.374 e. The van der Waals surface area contributed by atoms with Crippen molar-refractivity contribution in [1.82, 2.24) is 0 Å². The van der Waals surface area contributed by atoms with Crippen LogP contribution in [0.5, 0.6) is 0 Å². The van der Waals surface area contributed by atoms with Crippen molar-refractivity contribution < 1.29 is 4.79 Å². The second-order valence-electron chi connectivity index (χ2n) is 4.01. The van der Waals surface area contributed by atoms with E-state index in [1.54, 1.807) is 0 Å². The van der Waals surface area contributed by atoms with E-state index in [-0.39, 0.29) is 5.78 Å². The summed E-state index contributed by atoms with van der Waals surface area (Å²) in [5.74, 6) is -0.0124. The van der Waals surface area contributed by atoms with E-state index in [1.165, 1.54) is 6.08 Å². The van der Waals surface area contributed by atoms with Gasteiger partial charge in [-0.15, -0.1) is 0 Å². The Labute approximate surface area is 97.6 Å². The molecule has 0 amide bonds. The van der Waals surface area contributed by atoms with E-state index in [4.69, 9.17) is 0 Å². The number of hydrogen-bond acceptors (Lipinski definition) is 2. The Morgan fingerprint density at radius 3 is 2.75 bits per heavy atom. The van der Waals surface area contributed by atoms with E-state index in [2.05, 4.69) is 18.4 Å². The van der Waals surface area contributed by atoms with Crippen LogP contribution in [0.4, 0.5) is 5.69 Å². The molecule has 0 aliphatic heterocycles. The maximum Gasteiger partial charge on any atom is 0.187 e. The summed E-state index contributed by atoms with van der Waals surface area (Å²) >= 11 is 0. The zero-order valence-electron chi connectivity index (χ0n) is 10.3. The molecule has 0 N–H and O–H groups in total. The number of anilines is 1. The molecule has 0 heterocycles. The SMILES string of the molecule is C=CC(=O)c1cc(C)ccc1N(C)CCC. The third-order valence-electron chi connectivity index (χ3n) is 2.57. The first-order valence-electron chi connectivity index (χ1n) is 5.58. The topological polar surface area (TPSA) is 20.3 Å². The molecule has 1 rings (SSSR count). The fourth-order valence-corrected chi connectivity index (χ4v) is 1.75. The molecule has 0 aliphatic carbocycles. The fourth-order valence-electron chi connectivity index (χ4n) is 1.75. The first-order valence-corrected chi connectivity index (χ1v) is 5.58. The average molecular weight is 217 g/mol. The molecule has 0 fully saturated rings. The molecule has 0 saturated heterocycles. The number of benzene rings is 1. The van der Waals surface area contributed by atoms with Crippen molar-refractivity contribution in [2.45, 2.75) is 20.3 Å². The minimum absolute atomic E-state index is 0.0124. The van der Waals surface area contributed by atoms with Crippen LogP contribution in [0.25, 0.3) is 0 Å². The van der Waals surface area contributed by atoms with Gasteiger partial charge >= 0.3 is 0 Å². The molecular weight excluding hydrogens is 198 g/mol. The number of carbonyl (C=O) groups excluding carboxylic acids is 1. The van der Waals surface area contributed by atoms with Crippen LogP contribution in [0.15, 0.2) is 30.9 Å². The van der Waals surface area contributed by atoms with Crippen molar-refractivity contribution in [3.63, 3.8) is 0 Å². The van der Waals surface area contributed by atoms with Crippen LogP contribution in [-0.2, 0) is 0 Å². The predicted octanol–water partition coefficient (Wildman–Crippen LogP) is 3.21. The van der Waals surface area contributed by atoms with Crippen LogP contribution in [0.1, 0.15) is 29.3 Å². The Balaban J connectivity index is 3.16. The molecule has 86 valence electrons. The molecular formula is C14H19NO. The molecule has 1 aromatic carbocycles. The summed E-state index contributed by atoms with van der Waals surface area (Å²) in [5, 5.41) is 0. The van der Waals surface area contributed by atoms with Crippen LogP contribution in [-0.4, -0.2) is 19.4 Å². The number of hydrogen-bond donors (Lipinski definition) is 0. The number of aryl methyl sites for hydroxylation is 1. The van der Waals surface area contributed by atoms with Gasteiger partial charge in [0.2, 0.25) is 0 Å². The number of rotatable bonds is 5. The average Bonchev–Trinajstić information content (AvgIpc) is 2.28. The van der Waals surface area contributed by atoms with Crippen molar-refractivity contribution in [3.8, 4) is 0 Å². The van der Waals surface area contributed by atoms with Gasteiger partial charge in [-0.05, 0) is 31.6 Å². The lowest BCUT2D eigenvalue weighted by Crippen LogP contribution is -2.20. The standard InChI is InChI=1S/C14H19NO/c1-5-9-15(4)13-8-7-11(3)10-12(13)14(16)6-2/h6-8,10H,2,5,9H2,1,3-4H3. The van der Waals surface area contributed by atoms with E-state index in [9.17, 15) is 4.79 Å². The van der Waals surface area contributed by atoms with Gasteiger partial charge in [-0.25, -0.2) is 0 Å². The van der Waals surface area contributed by atoms with Gasteiger partial charge in [0.05, 0.1) is 0 Å². The molecule has 0 radical (unpaired) electrons. The fraction of sp³-hybridized carbons (Fsp3) is 0.357. The highest BCUT2D eigenvalue weighted by atomic mass is 16.1. The molecule has 16 heavy (non-hydrogen) atoms. The summed E-state index contributed by atoms with van der Waals surface area (Å²) in [6.45, 7) is 8.60. The quantitative estimate of drug-likeness (QED) is 0.557. The number of ketones is 1. The molecule has 0 spiro atoms. The third kappa shape index (κ3) is 2.72. The van der Waals surface area contributed by atoms with Gasteiger partial charge in [0, 0.05) is 24.8 Å². The third-order valence-corrected chi connectivity index (χ3v) is 2.57.